The van der Waals surface area contributed by atoms with Gasteiger partial charge in [-0.15, -0.1) is 0 Å². The largest absolute Gasteiger partial charge is 0.381 e. The van der Waals surface area contributed by atoms with Crippen molar-refractivity contribution < 1.29 is 9.53 Å². The van der Waals surface area contributed by atoms with Crippen LogP contribution in [0.3, 0.4) is 0 Å². The predicted octanol–water partition coefficient (Wildman–Crippen LogP) is 2.72. The molecule has 0 unspecified atom stereocenters. The SMILES string of the molecule is Cc1ncn(-c2ccc(NC(=O)C3(N)CC4(CCOCC4)C3)cc2)c1C. The zero-order valence-corrected chi connectivity index (χ0v) is 15.4. The predicted molar refractivity (Wildman–Crippen MR) is 100 cm³/mol. The first kappa shape index (κ1) is 17.2. The second kappa shape index (κ2) is 6.21. The molecule has 26 heavy (non-hydrogen) atoms. The van der Waals surface area contributed by atoms with Crippen molar-refractivity contribution in [1.82, 2.24) is 9.55 Å². The number of aromatic nitrogens is 2. The number of carbonyl (C=O) groups excluding carboxylic acids is 1. The highest BCUT2D eigenvalue weighted by molar-refractivity contribution is 5.99. The molecule has 0 bridgehead atoms. The fraction of sp³-hybridized carbons (Fsp3) is 0.500. The Balaban J connectivity index is 1.41. The van der Waals surface area contributed by atoms with Gasteiger partial charge >= 0.3 is 0 Å². The van der Waals surface area contributed by atoms with Crippen LogP contribution in [0.4, 0.5) is 5.69 Å². The summed E-state index contributed by atoms with van der Waals surface area (Å²) in [6, 6.07) is 7.78. The zero-order valence-electron chi connectivity index (χ0n) is 15.4. The third kappa shape index (κ3) is 2.93. The Morgan fingerprint density at radius 2 is 1.85 bits per heavy atom. The molecule has 2 fully saturated rings. The van der Waals surface area contributed by atoms with Crippen molar-refractivity contribution in [2.45, 2.75) is 45.1 Å². The van der Waals surface area contributed by atoms with Crippen LogP contribution in [-0.4, -0.2) is 34.2 Å². The number of anilines is 1. The van der Waals surface area contributed by atoms with Gasteiger partial charge in [-0.05, 0) is 69.2 Å². The molecular formula is C20H26N4O2. The summed E-state index contributed by atoms with van der Waals surface area (Å²) in [5.41, 5.74) is 9.75. The fourth-order valence-electron chi connectivity index (χ4n) is 4.33. The van der Waals surface area contributed by atoms with Crippen LogP contribution >= 0.6 is 0 Å². The molecule has 2 aliphatic rings. The molecule has 1 aliphatic carbocycles. The van der Waals surface area contributed by atoms with E-state index < -0.39 is 5.54 Å². The van der Waals surface area contributed by atoms with Gasteiger partial charge in [0.1, 0.15) is 0 Å². The summed E-state index contributed by atoms with van der Waals surface area (Å²) in [4.78, 5) is 17.0. The molecule has 138 valence electrons. The Kier molecular flexibility index (Phi) is 4.12. The Hall–Kier alpha value is -2.18. The molecule has 2 aromatic rings. The summed E-state index contributed by atoms with van der Waals surface area (Å²) < 4.78 is 7.47. The van der Waals surface area contributed by atoms with Crippen molar-refractivity contribution in [2.75, 3.05) is 18.5 Å². The second-order valence-electron chi connectivity index (χ2n) is 7.91. The molecule has 1 spiro atoms. The molecule has 6 nitrogen and oxygen atoms in total. The van der Waals surface area contributed by atoms with Crippen molar-refractivity contribution in [3.05, 3.63) is 42.0 Å². The summed E-state index contributed by atoms with van der Waals surface area (Å²) in [5.74, 6) is -0.0861. The standard InChI is InChI=1S/C20H26N4O2/c1-14-15(2)24(13-22-14)17-5-3-16(4-6-17)23-18(25)20(21)11-19(12-20)7-9-26-10-8-19/h3-6,13H,7-12,21H2,1-2H3,(H,23,25). The molecule has 1 amide bonds. The maximum Gasteiger partial charge on any atom is 0.244 e. The molecule has 1 aliphatic heterocycles. The van der Waals surface area contributed by atoms with E-state index in [0.29, 0.717) is 0 Å². The third-order valence-electron chi connectivity index (χ3n) is 6.04. The number of benzene rings is 1. The number of amides is 1. The van der Waals surface area contributed by atoms with Gasteiger partial charge in [0, 0.05) is 30.3 Å². The van der Waals surface area contributed by atoms with Crippen LogP contribution in [0.15, 0.2) is 30.6 Å². The lowest BCUT2D eigenvalue weighted by molar-refractivity contribution is -0.136. The highest BCUT2D eigenvalue weighted by atomic mass is 16.5. The van der Waals surface area contributed by atoms with Gasteiger partial charge in [0.05, 0.1) is 17.6 Å². The minimum absolute atomic E-state index is 0.0861. The summed E-state index contributed by atoms with van der Waals surface area (Å²) in [6.45, 7) is 5.60. The van der Waals surface area contributed by atoms with Crippen molar-refractivity contribution in [1.29, 1.82) is 0 Å². The van der Waals surface area contributed by atoms with Gasteiger partial charge in [0.2, 0.25) is 5.91 Å². The van der Waals surface area contributed by atoms with Crippen LogP contribution in [0, 0.1) is 19.3 Å². The van der Waals surface area contributed by atoms with E-state index in [-0.39, 0.29) is 11.3 Å². The molecule has 1 saturated carbocycles. The van der Waals surface area contributed by atoms with Crippen LogP contribution in [0.2, 0.25) is 0 Å². The van der Waals surface area contributed by atoms with Crippen LogP contribution in [0.5, 0.6) is 0 Å². The normalized spacial score (nSPS) is 20.6. The van der Waals surface area contributed by atoms with Gasteiger partial charge in [0.25, 0.3) is 0 Å². The minimum Gasteiger partial charge on any atom is -0.381 e. The van der Waals surface area contributed by atoms with Gasteiger partial charge in [-0.3, -0.25) is 4.79 Å². The number of rotatable bonds is 3. The van der Waals surface area contributed by atoms with Crippen LogP contribution in [0.1, 0.15) is 37.1 Å². The monoisotopic (exact) mass is 354 g/mol. The number of nitrogens with zero attached hydrogens (tertiary/aromatic N) is 2. The number of nitrogens with one attached hydrogen (secondary N) is 1. The zero-order chi connectivity index (χ0) is 18.4. The number of ether oxygens (including phenoxy) is 1. The van der Waals surface area contributed by atoms with E-state index in [4.69, 9.17) is 10.5 Å². The number of nitrogens with two attached hydrogens (primary N) is 1. The summed E-state index contributed by atoms with van der Waals surface area (Å²) in [5, 5.41) is 2.98. The number of aryl methyl sites for hydroxylation is 1. The minimum atomic E-state index is -0.756. The van der Waals surface area contributed by atoms with E-state index in [1.165, 1.54) is 0 Å². The molecular weight excluding hydrogens is 328 g/mol. The number of imidazole rings is 1. The molecule has 1 saturated heterocycles. The van der Waals surface area contributed by atoms with Gasteiger partial charge in [-0.25, -0.2) is 4.98 Å². The lowest BCUT2D eigenvalue weighted by Crippen LogP contribution is -2.65. The van der Waals surface area contributed by atoms with Crippen LogP contribution in [0.25, 0.3) is 5.69 Å². The summed E-state index contributed by atoms with van der Waals surface area (Å²) in [7, 11) is 0. The lowest BCUT2D eigenvalue weighted by atomic mass is 9.54. The van der Waals surface area contributed by atoms with E-state index >= 15 is 0 Å². The highest BCUT2D eigenvalue weighted by Gasteiger charge is 2.56. The topological polar surface area (TPSA) is 82.2 Å². The van der Waals surface area contributed by atoms with Crippen molar-refractivity contribution in [3.63, 3.8) is 0 Å². The number of hydrogen-bond donors (Lipinski definition) is 2. The first-order valence-electron chi connectivity index (χ1n) is 9.20. The molecule has 0 radical (unpaired) electrons. The van der Waals surface area contributed by atoms with Crippen molar-refractivity contribution in [2.24, 2.45) is 11.1 Å². The summed E-state index contributed by atoms with van der Waals surface area (Å²) >= 11 is 0. The molecule has 2 heterocycles. The molecule has 1 aromatic heterocycles. The van der Waals surface area contributed by atoms with Gasteiger partial charge < -0.3 is 20.4 Å². The highest BCUT2D eigenvalue weighted by Crippen LogP contribution is 2.53. The van der Waals surface area contributed by atoms with Crippen molar-refractivity contribution >= 4 is 11.6 Å². The average Bonchev–Trinajstić information content (AvgIpc) is 2.94. The van der Waals surface area contributed by atoms with Gasteiger partial charge in [-0.1, -0.05) is 0 Å². The first-order chi connectivity index (χ1) is 12.4. The van der Waals surface area contributed by atoms with Gasteiger partial charge in [-0.2, -0.15) is 0 Å². The van der Waals surface area contributed by atoms with E-state index in [1.54, 1.807) is 0 Å². The molecule has 4 rings (SSSR count). The quantitative estimate of drug-likeness (QED) is 0.888. The fourth-order valence-corrected chi connectivity index (χ4v) is 4.33. The number of carbonyl (C=O) groups is 1. The first-order valence-corrected chi connectivity index (χ1v) is 9.20. The maximum atomic E-state index is 12.7. The smallest absolute Gasteiger partial charge is 0.244 e. The van der Waals surface area contributed by atoms with E-state index in [2.05, 4.69) is 10.3 Å². The third-order valence-corrected chi connectivity index (χ3v) is 6.04. The molecule has 1 aromatic carbocycles. The van der Waals surface area contributed by atoms with E-state index in [1.807, 2.05) is 49.0 Å². The van der Waals surface area contributed by atoms with Gasteiger partial charge in [0.15, 0.2) is 0 Å². The maximum absolute atomic E-state index is 12.7. The molecule has 6 heteroatoms. The van der Waals surface area contributed by atoms with Crippen LogP contribution in [-0.2, 0) is 9.53 Å². The van der Waals surface area contributed by atoms with E-state index in [9.17, 15) is 4.79 Å². The summed E-state index contributed by atoms with van der Waals surface area (Å²) in [6.07, 6.45) is 5.34. The van der Waals surface area contributed by atoms with E-state index in [0.717, 1.165) is 61.7 Å². The Morgan fingerprint density at radius 3 is 2.42 bits per heavy atom. The average molecular weight is 354 g/mol. The van der Waals surface area contributed by atoms with Crippen LogP contribution < -0.4 is 11.1 Å². The Labute approximate surface area is 153 Å². The Bertz CT molecular complexity index is 811. The molecule has 3 N–H and O–H groups in total. The lowest BCUT2D eigenvalue weighted by Gasteiger charge is -2.55. The molecule has 0 atom stereocenters. The van der Waals surface area contributed by atoms with Crippen molar-refractivity contribution in [3.8, 4) is 5.69 Å². The second-order valence-corrected chi connectivity index (χ2v) is 7.91. The number of hydrogen-bond acceptors (Lipinski definition) is 4. The Morgan fingerprint density at radius 1 is 1.19 bits per heavy atom.